The van der Waals surface area contributed by atoms with Gasteiger partial charge in [0.05, 0.1) is 5.75 Å². The molecule has 2 atom stereocenters. The third-order valence-electron chi connectivity index (χ3n) is 4.23. The van der Waals surface area contributed by atoms with Gasteiger partial charge in [0.2, 0.25) is 10.0 Å². The Balaban J connectivity index is 0.00000108. The van der Waals surface area contributed by atoms with Crippen molar-refractivity contribution < 1.29 is 8.42 Å². The van der Waals surface area contributed by atoms with Crippen LogP contribution in [-0.2, 0) is 10.0 Å². The Morgan fingerprint density at radius 3 is 2.24 bits per heavy atom. The van der Waals surface area contributed by atoms with Crippen LogP contribution in [0.25, 0.3) is 0 Å². The fourth-order valence-corrected chi connectivity index (χ4v) is 4.62. The zero-order chi connectivity index (χ0) is 11.2. The van der Waals surface area contributed by atoms with Crippen LogP contribution in [0.5, 0.6) is 0 Å². The summed E-state index contributed by atoms with van der Waals surface area (Å²) >= 11 is 0. The van der Waals surface area contributed by atoms with Gasteiger partial charge in [0.1, 0.15) is 0 Å². The average molecular weight is 281 g/mol. The molecule has 3 rings (SSSR count). The molecule has 1 N–H and O–H groups in total. The monoisotopic (exact) mass is 280 g/mol. The van der Waals surface area contributed by atoms with E-state index >= 15 is 0 Å². The molecule has 3 fully saturated rings. The molecule has 0 aromatic carbocycles. The third-order valence-corrected chi connectivity index (χ3v) is 6.07. The molecule has 2 heterocycles. The first kappa shape index (κ1) is 13.6. The van der Waals surface area contributed by atoms with Crippen molar-refractivity contribution in [2.45, 2.75) is 19.3 Å². The molecule has 2 aliphatic heterocycles. The number of halogens is 1. The lowest BCUT2D eigenvalue weighted by Crippen LogP contribution is -2.33. The second-order valence-corrected chi connectivity index (χ2v) is 7.63. The van der Waals surface area contributed by atoms with Crippen LogP contribution in [0.3, 0.4) is 0 Å². The van der Waals surface area contributed by atoms with Crippen LogP contribution in [0, 0.1) is 17.8 Å². The lowest BCUT2D eigenvalue weighted by molar-refractivity contribution is 0.446. The van der Waals surface area contributed by atoms with E-state index < -0.39 is 10.0 Å². The number of rotatable bonds is 4. The van der Waals surface area contributed by atoms with Gasteiger partial charge < -0.3 is 5.32 Å². The Kier molecular flexibility index (Phi) is 4.02. The van der Waals surface area contributed by atoms with E-state index in [0.29, 0.717) is 23.5 Å². The van der Waals surface area contributed by atoms with Gasteiger partial charge in [-0.15, -0.1) is 12.4 Å². The van der Waals surface area contributed by atoms with E-state index in [1.165, 1.54) is 12.8 Å². The zero-order valence-corrected chi connectivity index (χ0v) is 11.6. The Bertz CT molecular complexity index is 358. The summed E-state index contributed by atoms with van der Waals surface area (Å²) in [5, 5.41) is 3.34. The Morgan fingerprint density at radius 2 is 1.71 bits per heavy atom. The van der Waals surface area contributed by atoms with Crippen LogP contribution in [0.1, 0.15) is 19.3 Å². The molecular weight excluding hydrogens is 260 g/mol. The topological polar surface area (TPSA) is 49.4 Å². The molecule has 0 radical (unpaired) electrons. The maximum Gasteiger partial charge on any atom is 0.214 e. The van der Waals surface area contributed by atoms with Gasteiger partial charge in [0.25, 0.3) is 0 Å². The third kappa shape index (κ3) is 2.95. The molecule has 100 valence electrons. The fraction of sp³-hybridized carbons (Fsp3) is 1.00. The van der Waals surface area contributed by atoms with E-state index in [2.05, 4.69) is 5.32 Å². The van der Waals surface area contributed by atoms with Crippen LogP contribution in [0.4, 0.5) is 0 Å². The van der Waals surface area contributed by atoms with Crippen molar-refractivity contribution in [1.82, 2.24) is 9.62 Å². The van der Waals surface area contributed by atoms with E-state index in [9.17, 15) is 8.42 Å². The largest absolute Gasteiger partial charge is 0.316 e. The lowest BCUT2D eigenvalue weighted by Gasteiger charge is -2.17. The second-order valence-electron chi connectivity index (χ2n) is 5.54. The number of fused-ring (bicyclic) bond motifs is 1. The van der Waals surface area contributed by atoms with Gasteiger partial charge in [-0.05, 0) is 37.3 Å². The van der Waals surface area contributed by atoms with Crippen LogP contribution >= 0.6 is 12.4 Å². The second kappa shape index (κ2) is 5.03. The minimum absolute atomic E-state index is 0. The average Bonchev–Trinajstić information content (AvgIpc) is 2.79. The first-order valence-corrected chi connectivity index (χ1v) is 7.94. The minimum Gasteiger partial charge on any atom is -0.316 e. The molecule has 17 heavy (non-hydrogen) atoms. The van der Waals surface area contributed by atoms with Gasteiger partial charge in [0, 0.05) is 13.1 Å². The van der Waals surface area contributed by atoms with Crippen LogP contribution in [0.15, 0.2) is 0 Å². The molecule has 0 aromatic heterocycles. The van der Waals surface area contributed by atoms with Crippen LogP contribution in [0.2, 0.25) is 0 Å². The highest BCUT2D eigenvalue weighted by Gasteiger charge is 2.41. The van der Waals surface area contributed by atoms with Crippen molar-refractivity contribution in [3.63, 3.8) is 0 Å². The fourth-order valence-electron chi connectivity index (χ4n) is 2.89. The quantitative estimate of drug-likeness (QED) is 0.824. The summed E-state index contributed by atoms with van der Waals surface area (Å²) in [7, 11) is -2.95. The van der Waals surface area contributed by atoms with E-state index in [1.54, 1.807) is 4.31 Å². The zero-order valence-electron chi connectivity index (χ0n) is 9.97. The molecule has 0 spiro atoms. The normalized spacial score (nSPS) is 33.4. The minimum atomic E-state index is -2.95. The number of sulfonamides is 1. The molecular formula is C11H21ClN2O2S. The molecule has 6 heteroatoms. The van der Waals surface area contributed by atoms with Gasteiger partial charge >= 0.3 is 0 Å². The molecule has 0 bridgehead atoms. The van der Waals surface area contributed by atoms with Crippen LogP contribution < -0.4 is 5.32 Å². The number of nitrogens with one attached hydrogen (secondary N) is 1. The summed E-state index contributed by atoms with van der Waals surface area (Å²) in [6.07, 6.45) is 3.36. The maximum atomic E-state index is 12.1. The van der Waals surface area contributed by atoms with Crippen molar-refractivity contribution in [2.24, 2.45) is 17.8 Å². The Morgan fingerprint density at radius 1 is 1.12 bits per heavy atom. The van der Waals surface area contributed by atoms with Crippen molar-refractivity contribution in [1.29, 1.82) is 0 Å². The highest BCUT2D eigenvalue weighted by atomic mass is 35.5. The van der Waals surface area contributed by atoms with Gasteiger partial charge in [0.15, 0.2) is 0 Å². The first-order chi connectivity index (χ1) is 7.65. The summed E-state index contributed by atoms with van der Waals surface area (Å²) in [4.78, 5) is 0. The molecule has 0 amide bonds. The van der Waals surface area contributed by atoms with Gasteiger partial charge in [-0.2, -0.15) is 0 Å². The lowest BCUT2D eigenvalue weighted by atomic mass is 10.0. The predicted octanol–water partition coefficient (Wildman–Crippen LogP) is 0.689. The van der Waals surface area contributed by atoms with E-state index in [4.69, 9.17) is 0 Å². The molecule has 4 nitrogen and oxygen atoms in total. The summed E-state index contributed by atoms with van der Waals surface area (Å²) in [5.74, 6) is 2.22. The van der Waals surface area contributed by atoms with Crippen molar-refractivity contribution in [2.75, 3.05) is 31.9 Å². The van der Waals surface area contributed by atoms with Gasteiger partial charge in [-0.1, -0.05) is 12.8 Å². The van der Waals surface area contributed by atoms with E-state index in [-0.39, 0.29) is 12.4 Å². The van der Waals surface area contributed by atoms with Crippen molar-refractivity contribution in [3.05, 3.63) is 0 Å². The molecule has 3 aliphatic rings. The molecule has 1 aliphatic carbocycles. The summed E-state index contributed by atoms with van der Waals surface area (Å²) < 4.78 is 25.9. The van der Waals surface area contributed by atoms with E-state index in [1.807, 2.05) is 0 Å². The Labute approximate surface area is 110 Å². The SMILES string of the molecule is Cl.O=S(=O)(CCC1CC1)N1C[C@H]2CNC[C@H]2C1. The molecule has 0 aromatic rings. The maximum absolute atomic E-state index is 12.1. The molecule has 0 unspecified atom stereocenters. The van der Waals surface area contributed by atoms with Gasteiger partial charge in [-0.25, -0.2) is 12.7 Å². The predicted molar refractivity (Wildman–Crippen MR) is 69.8 cm³/mol. The van der Waals surface area contributed by atoms with Crippen molar-refractivity contribution >= 4 is 22.4 Å². The summed E-state index contributed by atoms with van der Waals surface area (Å²) in [6, 6.07) is 0. The highest BCUT2D eigenvalue weighted by molar-refractivity contribution is 7.89. The van der Waals surface area contributed by atoms with Crippen LogP contribution in [-0.4, -0.2) is 44.7 Å². The van der Waals surface area contributed by atoms with E-state index in [0.717, 1.165) is 32.6 Å². The van der Waals surface area contributed by atoms with Crippen molar-refractivity contribution in [3.8, 4) is 0 Å². The summed E-state index contributed by atoms with van der Waals surface area (Å²) in [6.45, 7) is 3.51. The summed E-state index contributed by atoms with van der Waals surface area (Å²) in [5.41, 5.74) is 0. The Hall–Kier alpha value is 0.160. The van der Waals surface area contributed by atoms with Gasteiger partial charge in [-0.3, -0.25) is 0 Å². The number of nitrogens with zero attached hydrogens (tertiary/aromatic N) is 1. The number of hydrogen-bond acceptors (Lipinski definition) is 3. The standard InChI is InChI=1S/C11H20N2O2S.ClH/c14-16(15,4-3-9-1-2-9)13-7-10-5-12-6-11(10)8-13;/h9-12H,1-8H2;1H/t10-,11+;. The molecule has 2 saturated heterocycles. The highest BCUT2D eigenvalue weighted by Crippen LogP contribution is 2.34. The first-order valence-electron chi connectivity index (χ1n) is 6.34. The molecule has 1 saturated carbocycles. The smallest absolute Gasteiger partial charge is 0.214 e. The number of hydrogen-bond donors (Lipinski definition) is 1.